The highest BCUT2D eigenvalue weighted by molar-refractivity contribution is 6.83. The molecule has 0 heterocycles. The number of carbonyl (C=O) groups is 1. The molecular formula is C12H22O3Si. The molecule has 4 heteroatoms. The standard InChI is InChI=1S/C12H22O3Si/c1-6-15-11(13)9-7-8-10(12(9,2)14)16(3,4)5/h8-9,14H,6-7H2,1-5H3. The predicted molar refractivity (Wildman–Crippen MR) is 66.8 cm³/mol. The van der Waals surface area contributed by atoms with Crippen molar-refractivity contribution in [2.24, 2.45) is 5.92 Å². The molecular weight excluding hydrogens is 220 g/mol. The van der Waals surface area contributed by atoms with Crippen molar-refractivity contribution in [2.75, 3.05) is 6.61 Å². The van der Waals surface area contributed by atoms with Gasteiger partial charge in [0, 0.05) is 0 Å². The summed E-state index contributed by atoms with van der Waals surface area (Å²) in [5.74, 6) is -0.703. The van der Waals surface area contributed by atoms with Crippen LogP contribution in [0, 0.1) is 5.92 Å². The SMILES string of the molecule is CCOC(=O)C1CC=C([Si](C)(C)C)C1(C)O. The second-order valence-corrected chi connectivity index (χ2v) is 10.6. The summed E-state index contributed by atoms with van der Waals surface area (Å²) in [4.78, 5) is 11.7. The molecule has 1 rings (SSSR count). The van der Waals surface area contributed by atoms with Gasteiger partial charge in [-0.3, -0.25) is 4.79 Å². The molecule has 2 atom stereocenters. The number of carbonyl (C=O) groups excluding carboxylic acids is 1. The Bertz CT molecular complexity index is 313. The third kappa shape index (κ3) is 2.38. The van der Waals surface area contributed by atoms with Gasteiger partial charge in [0.25, 0.3) is 0 Å². The molecule has 0 aromatic rings. The Labute approximate surface area is 98.5 Å². The topological polar surface area (TPSA) is 46.5 Å². The number of rotatable bonds is 3. The zero-order chi connectivity index (χ0) is 12.6. The summed E-state index contributed by atoms with van der Waals surface area (Å²) in [7, 11) is -1.57. The molecule has 0 saturated carbocycles. The highest BCUT2D eigenvalue weighted by Gasteiger charge is 2.48. The molecule has 0 aliphatic heterocycles. The molecule has 2 unspecified atom stereocenters. The van der Waals surface area contributed by atoms with Crippen molar-refractivity contribution in [3.63, 3.8) is 0 Å². The first-order valence-electron chi connectivity index (χ1n) is 5.81. The van der Waals surface area contributed by atoms with Crippen LogP contribution in [0.5, 0.6) is 0 Å². The second kappa shape index (κ2) is 4.34. The molecule has 1 aliphatic rings. The van der Waals surface area contributed by atoms with E-state index in [9.17, 15) is 9.90 Å². The summed E-state index contributed by atoms with van der Waals surface area (Å²) in [6.07, 6.45) is 2.64. The van der Waals surface area contributed by atoms with E-state index in [0.717, 1.165) is 5.20 Å². The summed E-state index contributed by atoms with van der Waals surface area (Å²) in [5, 5.41) is 11.6. The van der Waals surface area contributed by atoms with Gasteiger partial charge in [-0.25, -0.2) is 0 Å². The Hall–Kier alpha value is -0.613. The molecule has 0 saturated heterocycles. The number of hydrogen-bond acceptors (Lipinski definition) is 3. The lowest BCUT2D eigenvalue weighted by Gasteiger charge is -2.33. The molecule has 1 aliphatic carbocycles. The van der Waals surface area contributed by atoms with Crippen molar-refractivity contribution in [1.29, 1.82) is 0 Å². The number of ether oxygens (including phenoxy) is 1. The van der Waals surface area contributed by atoms with Crippen molar-refractivity contribution in [3.05, 3.63) is 11.3 Å². The van der Waals surface area contributed by atoms with Gasteiger partial charge >= 0.3 is 5.97 Å². The van der Waals surface area contributed by atoms with Crippen molar-refractivity contribution >= 4 is 14.0 Å². The van der Waals surface area contributed by atoms with Gasteiger partial charge in [-0.2, -0.15) is 0 Å². The quantitative estimate of drug-likeness (QED) is 0.609. The lowest BCUT2D eigenvalue weighted by atomic mass is 9.92. The van der Waals surface area contributed by atoms with E-state index in [2.05, 4.69) is 19.6 Å². The summed E-state index contributed by atoms with van der Waals surface area (Å²) < 4.78 is 5.01. The number of hydrogen-bond donors (Lipinski definition) is 1. The minimum absolute atomic E-state index is 0.281. The zero-order valence-electron chi connectivity index (χ0n) is 10.8. The molecule has 0 aromatic heterocycles. The van der Waals surface area contributed by atoms with Crippen LogP contribution in [0.25, 0.3) is 0 Å². The van der Waals surface area contributed by atoms with E-state index in [0.29, 0.717) is 13.0 Å². The molecule has 1 N–H and O–H groups in total. The smallest absolute Gasteiger partial charge is 0.312 e. The van der Waals surface area contributed by atoms with Crippen molar-refractivity contribution in [1.82, 2.24) is 0 Å². The molecule has 0 aromatic carbocycles. The lowest BCUT2D eigenvalue weighted by Crippen LogP contribution is -2.45. The van der Waals surface area contributed by atoms with E-state index < -0.39 is 19.6 Å². The van der Waals surface area contributed by atoms with E-state index in [-0.39, 0.29) is 5.97 Å². The Morgan fingerprint density at radius 2 is 2.19 bits per heavy atom. The fourth-order valence-electron chi connectivity index (χ4n) is 2.49. The Kier molecular flexibility index (Phi) is 3.64. The van der Waals surface area contributed by atoms with Crippen LogP contribution < -0.4 is 0 Å². The molecule has 0 bridgehead atoms. The minimum atomic E-state index is -1.57. The fourth-order valence-corrected chi connectivity index (χ4v) is 4.92. The number of aliphatic hydroxyl groups is 1. The van der Waals surface area contributed by atoms with Crippen LogP contribution in [0.2, 0.25) is 19.6 Å². The van der Waals surface area contributed by atoms with Gasteiger partial charge < -0.3 is 9.84 Å². The Morgan fingerprint density at radius 1 is 1.62 bits per heavy atom. The van der Waals surface area contributed by atoms with E-state index >= 15 is 0 Å². The minimum Gasteiger partial charge on any atom is -0.466 e. The van der Waals surface area contributed by atoms with Crippen molar-refractivity contribution < 1.29 is 14.6 Å². The third-order valence-electron chi connectivity index (χ3n) is 3.16. The maximum Gasteiger partial charge on any atom is 0.312 e. The lowest BCUT2D eigenvalue weighted by molar-refractivity contribution is -0.153. The fraction of sp³-hybridized carbons (Fsp3) is 0.750. The van der Waals surface area contributed by atoms with E-state index in [1.807, 2.05) is 6.08 Å². The van der Waals surface area contributed by atoms with Crippen molar-refractivity contribution in [3.8, 4) is 0 Å². The predicted octanol–water partition coefficient (Wildman–Crippen LogP) is 2.12. The first kappa shape index (κ1) is 13.5. The molecule has 3 nitrogen and oxygen atoms in total. The summed E-state index contributed by atoms with van der Waals surface area (Å²) in [5.41, 5.74) is -1.02. The normalized spacial score (nSPS) is 30.1. The number of allylic oxidation sites excluding steroid dienone is 1. The molecule has 0 spiro atoms. The van der Waals surface area contributed by atoms with Gasteiger partial charge in [0.15, 0.2) is 0 Å². The highest BCUT2D eigenvalue weighted by atomic mass is 28.3. The zero-order valence-corrected chi connectivity index (χ0v) is 11.8. The summed E-state index contributed by atoms with van der Waals surface area (Å²) in [6, 6.07) is 0. The average molecular weight is 242 g/mol. The summed E-state index contributed by atoms with van der Waals surface area (Å²) >= 11 is 0. The maximum atomic E-state index is 11.7. The molecule has 0 amide bonds. The van der Waals surface area contributed by atoms with Gasteiger partial charge in [-0.15, -0.1) is 0 Å². The van der Waals surface area contributed by atoms with Crippen LogP contribution in [0.1, 0.15) is 20.3 Å². The molecule has 92 valence electrons. The highest BCUT2D eigenvalue weighted by Crippen LogP contribution is 2.41. The Balaban J connectivity index is 2.89. The monoisotopic (exact) mass is 242 g/mol. The third-order valence-corrected chi connectivity index (χ3v) is 5.49. The number of esters is 1. The first-order valence-corrected chi connectivity index (χ1v) is 9.31. The van der Waals surface area contributed by atoms with Gasteiger partial charge in [0.1, 0.15) is 0 Å². The van der Waals surface area contributed by atoms with Gasteiger partial charge in [0.05, 0.1) is 26.2 Å². The molecule has 0 radical (unpaired) electrons. The maximum absolute atomic E-state index is 11.7. The van der Waals surface area contributed by atoms with E-state index in [1.54, 1.807) is 13.8 Å². The molecule has 16 heavy (non-hydrogen) atoms. The average Bonchev–Trinajstić information content (AvgIpc) is 2.40. The van der Waals surface area contributed by atoms with Crippen LogP contribution in [0.3, 0.4) is 0 Å². The van der Waals surface area contributed by atoms with Crippen LogP contribution in [-0.4, -0.2) is 31.4 Å². The largest absolute Gasteiger partial charge is 0.466 e. The second-order valence-electron chi connectivity index (χ2n) is 5.56. The van der Waals surface area contributed by atoms with Crippen LogP contribution in [0.15, 0.2) is 11.3 Å². The van der Waals surface area contributed by atoms with Gasteiger partial charge in [-0.05, 0) is 20.3 Å². The Morgan fingerprint density at radius 3 is 2.56 bits per heavy atom. The first-order chi connectivity index (χ1) is 7.21. The van der Waals surface area contributed by atoms with Crippen LogP contribution >= 0.6 is 0 Å². The van der Waals surface area contributed by atoms with Gasteiger partial charge in [0.2, 0.25) is 0 Å². The van der Waals surface area contributed by atoms with Crippen LogP contribution in [-0.2, 0) is 9.53 Å². The van der Waals surface area contributed by atoms with E-state index in [1.165, 1.54) is 0 Å². The van der Waals surface area contributed by atoms with E-state index in [4.69, 9.17) is 4.74 Å². The summed E-state index contributed by atoms with van der Waals surface area (Å²) in [6.45, 7) is 10.4. The van der Waals surface area contributed by atoms with Crippen molar-refractivity contribution in [2.45, 2.75) is 45.5 Å². The van der Waals surface area contributed by atoms with Gasteiger partial charge in [-0.1, -0.05) is 30.9 Å². The van der Waals surface area contributed by atoms with Crippen LogP contribution in [0.4, 0.5) is 0 Å². The molecule has 0 fully saturated rings.